The van der Waals surface area contributed by atoms with Gasteiger partial charge in [-0.2, -0.15) is 0 Å². The smallest absolute Gasteiger partial charge is 0.254 e. The molecule has 210 valence electrons. The van der Waals surface area contributed by atoms with Gasteiger partial charge in [-0.3, -0.25) is 14.5 Å². The van der Waals surface area contributed by atoms with Crippen molar-refractivity contribution in [1.29, 1.82) is 0 Å². The van der Waals surface area contributed by atoms with Crippen LogP contribution in [0.25, 0.3) is 0 Å². The number of piperidine rings is 1. The largest absolute Gasteiger partial charge is 0.380 e. The van der Waals surface area contributed by atoms with Crippen LogP contribution < -0.4 is 5.32 Å². The molecule has 3 fully saturated rings. The number of hydrogen-bond acceptors (Lipinski definition) is 4. The number of halogens is 3. The maximum Gasteiger partial charge on any atom is 0.254 e. The van der Waals surface area contributed by atoms with Gasteiger partial charge in [0.2, 0.25) is 11.8 Å². The van der Waals surface area contributed by atoms with Crippen molar-refractivity contribution in [2.24, 2.45) is 0 Å². The van der Waals surface area contributed by atoms with E-state index in [2.05, 4.69) is 10.2 Å². The zero-order chi connectivity index (χ0) is 27.8. The van der Waals surface area contributed by atoms with Crippen LogP contribution in [-0.2, 0) is 10.2 Å². The molecule has 39 heavy (non-hydrogen) atoms. The number of anilines is 1. The molecule has 1 saturated carbocycles. The van der Waals surface area contributed by atoms with Crippen LogP contribution in [-0.4, -0.2) is 84.8 Å². The zero-order valence-corrected chi connectivity index (χ0v) is 23.4. The summed E-state index contributed by atoms with van der Waals surface area (Å²) in [5, 5.41) is 3.94. The van der Waals surface area contributed by atoms with Crippen molar-refractivity contribution in [3.63, 3.8) is 0 Å². The summed E-state index contributed by atoms with van der Waals surface area (Å²) < 4.78 is 28.1. The quantitative estimate of drug-likeness (QED) is 0.524. The lowest BCUT2D eigenvalue weighted by molar-refractivity contribution is -0.144. The van der Waals surface area contributed by atoms with Gasteiger partial charge in [-0.15, -0.1) is 0 Å². The normalized spacial score (nSPS) is 21.7. The molecule has 9 heteroatoms. The molecule has 1 aliphatic carbocycles. The summed E-state index contributed by atoms with van der Waals surface area (Å²) in [5.41, 5.74) is 1.39. The molecule has 2 aromatic rings. The number of carbonyl (C=O) groups excluding carboxylic acids is 2. The molecule has 2 aromatic carbocycles. The Labute approximate surface area is 234 Å². The van der Waals surface area contributed by atoms with Crippen LogP contribution >= 0.6 is 11.6 Å². The Balaban J connectivity index is 1.14. The number of alkyl halides is 2. The SMILES string of the molecule is CN(C)C(=O)c1ccc(NC2CN(C3CCN(C(=O)C4(c5ccccc5)CCC(F)(F)CC4)CC3)C2)cc1Cl. The lowest BCUT2D eigenvalue weighted by Gasteiger charge is -2.49. The van der Waals surface area contributed by atoms with Gasteiger partial charge in [-0.05, 0) is 49.4 Å². The Hall–Kier alpha value is -2.71. The Morgan fingerprint density at radius 2 is 1.62 bits per heavy atom. The van der Waals surface area contributed by atoms with Gasteiger partial charge in [0.15, 0.2) is 0 Å². The summed E-state index contributed by atoms with van der Waals surface area (Å²) in [6.45, 7) is 3.11. The van der Waals surface area contributed by atoms with E-state index in [0.717, 1.165) is 37.2 Å². The van der Waals surface area contributed by atoms with Crippen LogP contribution in [0.15, 0.2) is 48.5 Å². The highest BCUT2D eigenvalue weighted by Gasteiger charge is 2.50. The number of nitrogens with zero attached hydrogens (tertiary/aromatic N) is 3. The summed E-state index contributed by atoms with van der Waals surface area (Å²) in [5.74, 6) is -2.80. The Morgan fingerprint density at radius 3 is 2.21 bits per heavy atom. The van der Waals surface area contributed by atoms with Crippen LogP contribution in [0.3, 0.4) is 0 Å². The second-order valence-corrected chi connectivity index (χ2v) is 11.9. The number of likely N-dealkylation sites (tertiary alicyclic amines) is 2. The predicted octanol–water partition coefficient (Wildman–Crippen LogP) is 5.28. The number of nitrogens with one attached hydrogen (secondary N) is 1. The fraction of sp³-hybridized carbons (Fsp3) is 0.533. The molecule has 6 nitrogen and oxygen atoms in total. The van der Waals surface area contributed by atoms with Crippen LogP contribution in [0, 0.1) is 0 Å². The molecule has 0 atom stereocenters. The van der Waals surface area contributed by atoms with Crippen molar-refractivity contribution in [2.45, 2.75) is 61.9 Å². The van der Waals surface area contributed by atoms with Crippen LogP contribution in [0.5, 0.6) is 0 Å². The third-order valence-electron chi connectivity index (χ3n) is 8.73. The minimum Gasteiger partial charge on any atom is -0.380 e. The van der Waals surface area contributed by atoms with Gasteiger partial charge in [0.25, 0.3) is 5.91 Å². The summed E-state index contributed by atoms with van der Waals surface area (Å²) >= 11 is 6.35. The number of rotatable bonds is 6. The number of hydrogen-bond donors (Lipinski definition) is 1. The summed E-state index contributed by atoms with van der Waals surface area (Å²) in [6.07, 6.45) is 1.66. The molecule has 0 radical (unpaired) electrons. The molecule has 0 unspecified atom stereocenters. The molecule has 5 rings (SSSR count). The Kier molecular flexibility index (Phi) is 7.89. The fourth-order valence-electron chi connectivity index (χ4n) is 6.32. The molecule has 2 amide bonds. The van der Waals surface area contributed by atoms with Crippen molar-refractivity contribution < 1.29 is 18.4 Å². The van der Waals surface area contributed by atoms with E-state index in [1.165, 1.54) is 4.90 Å². The van der Waals surface area contributed by atoms with E-state index >= 15 is 0 Å². The van der Waals surface area contributed by atoms with Crippen molar-refractivity contribution in [1.82, 2.24) is 14.7 Å². The first-order valence-electron chi connectivity index (χ1n) is 13.8. The van der Waals surface area contributed by atoms with E-state index in [1.54, 1.807) is 26.2 Å². The molecule has 2 aliphatic heterocycles. The van der Waals surface area contributed by atoms with Crippen LogP contribution in [0.1, 0.15) is 54.4 Å². The first-order chi connectivity index (χ1) is 18.6. The maximum atomic E-state index is 14.1. The first kappa shape index (κ1) is 27.8. The van der Waals surface area contributed by atoms with Gasteiger partial charge in [0.05, 0.1) is 22.0 Å². The third-order valence-corrected chi connectivity index (χ3v) is 9.04. The molecule has 0 bridgehead atoms. The molecular formula is C30H37ClF2N4O2. The van der Waals surface area contributed by atoms with E-state index in [-0.39, 0.29) is 37.5 Å². The molecule has 0 spiro atoms. The van der Waals surface area contributed by atoms with E-state index in [1.807, 2.05) is 41.3 Å². The predicted molar refractivity (Wildman–Crippen MR) is 150 cm³/mol. The first-order valence-corrected chi connectivity index (χ1v) is 14.2. The highest BCUT2D eigenvalue weighted by atomic mass is 35.5. The average Bonchev–Trinajstić information content (AvgIpc) is 2.91. The van der Waals surface area contributed by atoms with Crippen LogP contribution in [0.2, 0.25) is 5.02 Å². The minimum absolute atomic E-state index is 0.0128. The Bertz CT molecular complexity index is 1180. The zero-order valence-electron chi connectivity index (χ0n) is 22.6. The summed E-state index contributed by atoms with van der Waals surface area (Å²) in [6, 6.07) is 15.7. The maximum absolute atomic E-state index is 14.1. The summed E-state index contributed by atoms with van der Waals surface area (Å²) in [4.78, 5) is 31.9. The van der Waals surface area contributed by atoms with E-state index < -0.39 is 11.3 Å². The van der Waals surface area contributed by atoms with Gasteiger partial charge in [-0.1, -0.05) is 41.9 Å². The molecule has 0 aromatic heterocycles. The highest BCUT2D eigenvalue weighted by Crippen LogP contribution is 2.47. The monoisotopic (exact) mass is 558 g/mol. The van der Waals surface area contributed by atoms with Gasteiger partial charge >= 0.3 is 0 Å². The highest BCUT2D eigenvalue weighted by molar-refractivity contribution is 6.34. The van der Waals surface area contributed by atoms with Crippen molar-refractivity contribution >= 4 is 29.1 Å². The second-order valence-electron chi connectivity index (χ2n) is 11.5. The van der Waals surface area contributed by atoms with E-state index in [0.29, 0.717) is 35.8 Å². The van der Waals surface area contributed by atoms with Gasteiger partial charge in [0, 0.05) is 64.8 Å². The van der Waals surface area contributed by atoms with Gasteiger partial charge in [0.1, 0.15) is 0 Å². The third kappa shape index (κ3) is 5.78. The molecular weight excluding hydrogens is 522 g/mol. The minimum atomic E-state index is -2.69. The molecule has 2 heterocycles. The number of amides is 2. The molecule has 2 saturated heterocycles. The molecule has 1 N–H and O–H groups in total. The standard InChI is InChI=1S/C30H37ClF2N4O2/c1-35(2)27(38)25-9-8-22(18-26(25)31)34-23-19-37(20-23)24-10-16-36(17-11-24)28(39)29(21-6-4-3-5-7-21)12-14-30(32,33)15-13-29/h3-9,18,23-24,34H,10-17,19-20H2,1-2H3. The summed E-state index contributed by atoms with van der Waals surface area (Å²) in [7, 11) is 3.40. The van der Waals surface area contributed by atoms with E-state index in [9.17, 15) is 18.4 Å². The number of carbonyl (C=O) groups is 2. The van der Waals surface area contributed by atoms with Crippen LogP contribution in [0.4, 0.5) is 14.5 Å². The topological polar surface area (TPSA) is 55.9 Å². The lowest BCUT2D eigenvalue weighted by atomic mass is 9.67. The van der Waals surface area contributed by atoms with Gasteiger partial charge in [-0.25, -0.2) is 8.78 Å². The average molecular weight is 559 g/mol. The number of benzene rings is 2. The van der Waals surface area contributed by atoms with Gasteiger partial charge < -0.3 is 15.1 Å². The lowest BCUT2D eigenvalue weighted by Crippen LogP contribution is -2.61. The van der Waals surface area contributed by atoms with Crippen molar-refractivity contribution in [3.05, 3.63) is 64.7 Å². The van der Waals surface area contributed by atoms with Crippen molar-refractivity contribution in [3.8, 4) is 0 Å². The second kappa shape index (κ2) is 11.0. The molecule has 3 aliphatic rings. The van der Waals surface area contributed by atoms with Crippen molar-refractivity contribution in [2.75, 3.05) is 45.6 Å². The van der Waals surface area contributed by atoms with E-state index in [4.69, 9.17) is 11.6 Å². The fourth-order valence-corrected chi connectivity index (χ4v) is 6.58. The Morgan fingerprint density at radius 1 is 0.974 bits per heavy atom.